The van der Waals surface area contributed by atoms with Gasteiger partial charge in [0.2, 0.25) is 0 Å². The number of aryl methyl sites for hydroxylation is 1. The number of amides is 1. The standard InChI is InChI=1S/C14H12F2N2O/c1-8-3-2-4-11(16)13(8)18-14(19)9-5-6-10(15)12(17)7-9/h2-7H,17H2,1H3,(H,18,19). The quantitative estimate of drug-likeness (QED) is 0.817. The van der Waals surface area contributed by atoms with Crippen LogP contribution in [0, 0.1) is 18.6 Å². The van der Waals surface area contributed by atoms with E-state index in [1.807, 2.05) is 0 Å². The van der Waals surface area contributed by atoms with Gasteiger partial charge in [-0.2, -0.15) is 0 Å². The van der Waals surface area contributed by atoms with Crippen molar-refractivity contribution in [2.45, 2.75) is 6.92 Å². The molecule has 5 heteroatoms. The summed E-state index contributed by atoms with van der Waals surface area (Å²) in [4.78, 5) is 11.9. The number of nitrogen functional groups attached to an aromatic ring is 1. The van der Waals surface area contributed by atoms with Crippen LogP contribution in [0.1, 0.15) is 15.9 Å². The summed E-state index contributed by atoms with van der Waals surface area (Å²) in [6, 6.07) is 8.08. The van der Waals surface area contributed by atoms with Gasteiger partial charge < -0.3 is 11.1 Å². The molecule has 0 saturated carbocycles. The van der Waals surface area contributed by atoms with E-state index < -0.39 is 17.5 Å². The Hall–Kier alpha value is -2.43. The first-order valence-electron chi connectivity index (χ1n) is 5.60. The fourth-order valence-corrected chi connectivity index (χ4v) is 1.66. The number of carbonyl (C=O) groups excluding carboxylic acids is 1. The molecular weight excluding hydrogens is 250 g/mol. The highest BCUT2D eigenvalue weighted by Gasteiger charge is 2.12. The molecule has 0 heterocycles. The summed E-state index contributed by atoms with van der Waals surface area (Å²) in [5, 5.41) is 2.45. The molecule has 3 N–H and O–H groups in total. The van der Waals surface area contributed by atoms with Gasteiger partial charge in [0.05, 0.1) is 11.4 Å². The van der Waals surface area contributed by atoms with E-state index in [1.165, 1.54) is 18.2 Å². The largest absolute Gasteiger partial charge is 0.396 e. The number of benzene rings is 2. The van der Waals surface area contributed by atoms with E-state index in [1.54, 1.807) is 19.1 Å². The maximum atomic E-state index is 13.6. The van der Waals surface area contributed by atoms with Crippen LogP contribution in [0.25, 0.3) is 0 Å². The Balaban J connectivity index is 2.28. The first-order valence-corrected chi connectivity index (χ1v) is 5.60. The average molecular weight is 262 g/mol. The highest BCUT2D eigenvalue weighted by Crippen LogP contribution is 2.20. The van der Waals surface area contributed by atoms with Gasteiger partial charge in [-0.3, -0.25) is 4.79 Å². The van der Waals surface area contributed by atoms with Crippen LogP contribution >= 0.6 is 0 Å². The molecule has 1 amide bonds. The van der Waals surface area contributed by atoms with E-state index in [-0.39, 0.29) is 16.9 Å². The summed E-state index contributed by atoms with van der Waals surface area (Å²) in [5.41, 5.74) is 6.13. The third-order valence-corrected chi connectivity index (χ3v) is 2.72. The normalized spacial score (nSPS) is 10.3. The van der Waals surface area contributed by atoms with Crippen molar-refractivity contribution in [3.05, 3.63) is 59.2 Å². The second kappa shape index (κ2) is 5.06. The number of anilines is 2. The molecule has 0 radical (unpaired) electrons. The lowest BCUT2D eigenvalue weighted by molar-refractivity contribution is 0.102. The first-order chi connectivity index (χ1) is 8.99. The Morgan fingerprint density at radius 3 is 2.53 bits per heavy atom. The van der Waals surface area contributed by atoms with Crippen LogP contribution < -0.4 is 11.1 Å². The second-order valence-electron chi connectivity index (χ2n) is 4.12. The van der Waals surface area contributed by atoms with Gasteiger partial charge in [-0.05, 0) is 36.8 Å². The van der Waals surface area contributed by atoms with Crippen LogP contribution in [-0.2, 0) is 0 Å². The summed E-state index contributed by atoms with van der Waals surface area (Å²) in [6.07, 6.45) is 0. The van der Waals surface area contributed by atoms with Crippen molar-refractivity contribution in [1.29, 1.82) is 0 Å². The lowest BCUT2D eigenvalue weighted by Gasteiger charge is -2.09. The molecule has 0 atom stereocenters. The molecule has 0 aliphatic heterocycles. The fourth-order valence-electron chi connectivity index (χ4n) is 1.66. The maximum absolute atomic E-state index is 13.6. The smallest absolute Gasteiger partial charge is 0.255 e. The Morgan fingerprint density at radius 1 is 1.16 bits per heavy atom. The van der Waals surface area contributed by atoms with Crippen molar-refractivity contribution in [2.75, 3.05) is 11.1 Å². The van der Waals surface area contributed by atoms with Gasteiger partial charge in [-0.25, -0.2) is 8.78 Å². The number of rotatable bonds is 2. The summed E-state index contributed by atoms with van der Waals surface area (Å²) < 4.78 is 26.6. The SMILES string of the molecule is Cc1cccc(F)c1NC(=O)c1ccc(F)c(N)c1. The minimum Gasteiger partial charge on any atom is -0.396 e. The molecule has 0 unspecified atom stereocenters. The summed E-state index contributed by atoms with van der Waals surface area (Å²) in [5.74, 6) is -1.66. The second-order valence-corrected chi connectivity index (χ2v) is 4.12. The summed E-state index contributed by atoms with van der Waals surface area (Å²) in [6.45, 7) is 1.68. The van der Waals surface area contributed by atoms with Crippen LogP contribution in [-0.4, -0.2) is 5.91 Å². The van der Waals surface area contributed by atoms with Gasteiger partial charge in [-0.15, -0.1) is 0 Å². The molecular formula is C14H12F2N2O. The molecule has 2 aromatic carbocycles. The van der Waals surface area contributed by atoms with E-state index in [4.69, 9.17) is 5.73 Å². The zero-order chi connectivity index (χ0) is 14.0. The van der Waals surface area contributed by atoms with Gasteiger partial charge >= 0.3 is 0 Å². The number of nitrogens with two attached hydrogens (primary N) is 1. The topological polar surface area (TPSA) is 55.1 Å². The zero-order valence-corrected chi connectivity index (χ0v) is 10.2. The Morgan fingerprint density at radius 2 is 1.89 bits per heavy atom. The molecule has 0 aliphatic carbocycles. The molecule has 2 aromatic rings. The minimum atomic E-state index is -0.598. The van der Waals surface area contributed by atoms with E-state index in [0.29, 0.717) is 5.56 Å². The van der Waals surface area contributed by atoms with Crippen molar-refractivity contribution in [2.24, 2.45) is 0 Å². The average Bonchev–Trinajstić information content (AvgIpc) is 2.37. The molecule has 0 bridgehead atoms. The van der Waals surface area contributed by atoms with Gasteiger partial charge in [0.1, 0.15) is 11.6 Å². The van der Waals surface area contributed by atoms with E-state index in [9.17, 15) is 13.6 Å². The molecule has 98 valence electrons. The summed E-state index contributed by atoms with van der Waals surface area (Å²) >= 11 is 0. The lowest BCUT2D eigenvalue weighted by atomic mass is 10.1. The molecule has 0 aliphatic rings. The molecule has 0 spiro atoms. The Labute approximate surface area is 109 Å². The van der Waals surface area contributed by atoms with Gasteiger partial charge in [0.25, 0.3) is 5.91 Å². The van der Waals surface area contributed by atoms with Crippen LogP contribution in [0.15, 0.2) is 36.4 Å². The highest BCUT2D eigenvalue weighted by atomic mass is 19.1. The molecule has 2 rings (SSSR count). The number of hydrogen-bond donors (Lipinski definition) is 2. The van der Waals surface area contributed by atoms with Crippen molar-refractivity contribution >= 4 is 17.3 Å². The van der Waals surface area contributed by atoms with Crippen LogP contribution in [0.5, 0.6) is 0 Å². The van der Waals surface area contributed by atoms with Crippen molar-refractivity contribution in [3.63, 3.8) is 0 Å². The predicted molar refractivity (Wildman–Crippen MR) is 69.9 cm³/mol. The molecule has 0 fully saturated rings. The maximum Gasteiger partial charge on any atom is 0.255 e. The zero-order valence-electron chi connectivity index (χ0n) is 10.2. The molecule has 19 heavy (non-hydrogen) atoms. The number of para-hydroxylation sites is 1. The predicted octanol–water partition coefficient (Wildman–Crippen LogP) is 3.11. The fraction of sp³-hybridized carbons (Fsp3) is 0.0714. The van der Waals surface area contributed by atoms with Crippen molar-refractivity contribution in [3.8, 4) is 0 Å². The summed E-state index contributed by atoms with van der Waals surface area (Å²) in [7, 11) is 0. The third-order valence-electron chi connectivity index (χ3n) is 2.72. The van der Waals surface area contributed by atoms with Gasteiger partial charge in [0, 0.05) is 5.56 Å². The lowest BCUT2D eigenvalue weighted by Crippen LogP contribution is -2.14. The molecule has 0 aromatic heterocycles. The minimum absolute atomic E-state index is 0.107. The molecule has 0 saturated heterocycles. The monoisotopic (exact) mass is 262 g/mol. The Bertz CT molecular complexity index is 621. The first kappa shape index (κ1) is 13.0. The van der Waals surface area contributed by atoms with Crippen LogP contribution in [0.4, 0.5) is 20.2 Å². The number of nitrogens with one attached hydrogen (secondary N) is 1. The van der Waals surface area contributed by atoms with Gasteiger partial charge in [0.15, 0.2) is 0 Å². The van der Waals surface area contributed by atoms with E-state index in [0.717, 1.165) is 6.07 Å². The van der Waals surface area contributed by atoms with Gasteiger partial charge in [-0.1, -0.05) is 12.1 Å². The number of hydrogen-bond acceptors (Lipinski definition) is 2. The third kappa shape index (κ3) is 2.70. The van der Waals surface area contributed by atoms with Crippen molar-refractivity contribution in [1.82, 2.24) is 0 Å². The Kier molecular flexibility index (Phi) is 3.46. The van der Waals surface area contributed by atoms with E-state index in [2.05, 4.69) is 5.32 Å². The number of carbonyl (C=O) groups is 1. The van der Waals surface area contributed by atoms with Crippen LogP contribution in [0.2, 0.25) is 0 Å². The van der Waals surface area contributed by atoms with Crippen LogP contribution in [0.3, 0.4) is 0 Å². The number of halogens is 2. The molecule has 3 nitrogen and oxygen atoms in total. The highest BCUT2D eigenvalue weighted by molar-refractivity contribution is 6.05. The van der Waals surface area contributed by atoms with E-state index >= 15 is 0 Å². The van der Waals surface area contributed by atoms with Crippen molar-refractivity contribution < 1.29 is 13.6 Å².